The first kappa shape index (κ1) is 15.9. The summed E-state index contributed by atoms with van der Waals surface area (Å²) in [4.78, 5) is 1.32. The van der Waals surface area contributed by atoms with E-state index in [1.807, 2.05) is 23.9 Å². The molecule has 0 spiro atoms. The van der Waals surface area contributed by atoms with Gasteiger partial charge in [-0.15, -0.1) is 11.8 Å². The average molecular weight is 301 g/mol. The first-order valence-electron chi connectivity index (χ1n) is 7.36. The van der Waals surface area contributed by atoms with E-state index in [-0.39, 0.29) is 0 Å². The van der Waals surface area contributed by atoms with E-state index in [4.69, 9.17) is 4.74 Å². The summed E-state index contributed by atoms with van der Waals surface area (Å²) in [5.74, 6) is 2.03. The number of benzene rings is 2. The Hall–Kier alpha value is -1.45. The van der Waals surface area contributed by atoms with Crippen LogP contribution in [0.4, 0.5) is 0 Å². The molecule has 0 aromatic heterocycles. The molecule has 0 saturated heterocycles. The fraction of sp³-hybridized carbons (Fsp3) is 0.333. The highest BCUT2D eigenvalue weighted by Gasteiger charge is 2.12. The molecule has 2 rings (SSSR count). The van der Waals surface area contributed by atoms with E-state index >= 15 is 0 Å². The fourth-order valence-corrected chi connectivity index (χ4v) is 3.31. The zero-order valence-electron chi connectivity index (χ0n) is 12.7. The highest BCUT2D eigenvalue weighted by Crippen LogP contribution is 2.23. The van der Waals surface area contributed by atoms with E-state index in [9.17, 15) is 0 Å². The molecule has 112 valence electrons. The number of rotatable bonds is 8. The number of likely N-dealkylation sites (N-methyl/N-ethyl adjacent to an activating group) is 1. The highest BCUT2D eigenvalue weighted by atomic mass is 32.2. The van der Waals surface area contributed by atoms with Gasteiger partial charge in [-0.3, -0.25) is 0 Å². The van der Waals surface area contributed by atoms with E-state index < -0.39 is 0 Å². The van der Waals surface area contributed by atoms with Crippen molar-refractivity contribution >= 4 is 11.8 Å². The summed E-state index contributed by atoms with van der Waals surface area (Å²) in [7, 11) is 1.74. The molecular formula is C18H23NOS. The second-order valence-corrected chi connectivity index (χ2v) is 5.99. The van der Waals surface area contributed by atoms with E-state index in [1.165, 1.54) is 10.5 Å². The van der Waals surface area contributed by atoms with Gasteiger partial charge in [-0.25, -0.2) is 0 Å². The van der Waals surface area contributed by atoms with Crippen molar-refractivity contribution in [2.45, 2.75) is 24.3 Å². The lowest BCUT2D eigenvalue weighted by Crippen LogP contribution is -2.33. The summed E-state index contributed by atoms with van der Waals surface area (Å²) >= 11 is 1.90. The maximum atomic E-state index is 5.45. The number of ether oxygens (including phenoxy) is 1. The predicted molar refractivity (Wildman–Crippen MR) is 91.3 cm³/mol. The Morgan fingerprint density at radius 3 is 2.48 bits per heavy atom. The van der Waals surface area contributed by atoms with Gasteiger partial charge in [0.05, 0.1) is 7.11 Å². The second kappa shape index (κ2) is 8.75. The van der Waals surface area contributed by atoms with Gasteiger partial charge in [0.25, 0.3) is 0 Å². The number of methoxy groups -OCH3 is 1. The Morgan fingerprint density at radius 2 is 1.76 bits per heavy atom. The molecule has 0 heterocycles. The minimum Gasteiger partial charge on any atom is -0.496 e. The number of nitrogens with one attached hydrogen (secondary N) is 1. The molecular weight excluding hydrogens is 278 g/mol. The minimum absolute atomic E-state index is 0.441. The molecule has 0 aliphatic carbocycles. The van der Waals surface area contributed by atoms with Crippen LogP contribution in [0.15, 0.2) is 59.5 Å². The Balaban J connectivity index is 1.98. The number of para-hydroxylation sites is 1. The average Bonchev–Trinajstić information content (AvgIpc) is 2.54. The predicted octanol–water partition coefficient (Wildman–Crippen LogP) is 4.01. The fourth-order valence-electron chi connectivity index (χ4n) is 2.33. The van der Waals surface area contributed by atoms with Crippen LogP contribution in [-0.2, 0) is 6.42 Å². The van der Waals surface area contributed by atoms with Crippen molar-refractivity contribution in [3.8, 4) is 5.75 Å². The number of thioether (sulfide) groups is 1. The van der Waals surface area contributed by atoms with Gasteiger partial charge in [-0.05, 0) is 36.7 Å². The summed E-state index contributed by atoms with van der Waals surface area (Å²) in [5.41, 5.74) is 1.26. The van der Waals surface area contributed by atoms with E-state index in [0.717, 1.165) is 24.5 Å². The highest BCUT2D eigenvalue weighted by molar-refractivity contribution is 7.99. The molecule has 0 saturated carbocycles. The Bertz CT molecular complexity index is 530. The van der Waals surface area contributed by atoms with Crippen LogP contribution in [0, 0.1) is 0 Å². The summed E-state index contributed by atoms with van der Waals surface area (Å²) < 4.78 is 5.45. The monoisotopic (exact) mass is 301 g/mol. The SMILES string of the molecule is CCNC(CSc1ccccc1)Cc1ccccc1OC. The third kappa shape index (κ3) is 5.10. The van der Waals surface area contributed by atoms with Crippen molar-refractivity contribution in [3.05, 3.63) is 60.2 Å². The van der Waals surface area contributed by atoms with Crippen LogP contribution < -0.4 is 10.1 Å². The molecule has 1 N–H and O–H groups in total. The van der Waals surface area contributed by atoms with Gasteiger partial charge in [0.15, 0.2) is 0 Å². The molecule has 3 heteroatoms. The number of hydrogen-bond donors (Lipinski definition) is 1. The van der Waals surface area contributed by atoms with E-state index in [2.05, 4.69) is 54.7 Å². The molecule has 21 heavy (non-hydrogen) atoms. The molecule has 0 aliphatic rings. The maximum Gasteiger partial charge on any atom is 0.122 e. The molecule has 0 fully saturated rings. The van der Waals surface area contributed by atoms with Gasteiger partial charge in [0.2, 0.25) is 0 Å². The lowest BCUT2D eigenvalue weighted by atomic mass is 10.1. The van der Waals surface area contributed by atoms with E-state index in [0.29, 0.717) is 6.04 Å². The van der Waals surface area contributed by atoms with Crippen LogP contribution >= 0.6 is 11.8 Å². The van der Waals surface area contributed by atoms with Crippen LogP contribution in [0.3, 0.4) is 0 Å². The topological polar surface area (TPSA) is 21.3 Å². The smallest absolute Gasteiger partial charge is 0.122 e. The molecule has 2 aromatic carbocycles. The summed E-state index contributed by atoms with van der Waals surface area (Å²) in [5, 5.41) is 3.58. The van der Waals surface area contributed by atoms with Gasteiger partial charge in [0.1, 0.15) is 5.75 Å². The first-order chi connectivity index (χ1) is 10.3. The zero-order valence-corrected chi connectivity index (χ0v) is 13.5. The van der Waals surface area contributed by atoms with Crippen molar-refractivity contribution < 1.29 is 4.74 Å². The third-order valence-corrected chi connectivity index (χ3v) is 4.52. The van der Waals surface area contributed by atoms with Crippen LogP contribution in [0.1, 0.15) is 12.5 Å². The number of hydrogen-bond acceptors (Lipinski definition) is 3. The quantitative estimate of drug-likeness (QED) is 0.744. The Labute approximate surface area is 131 Å². The molecule has 2 aromatic rings. The van der Waals surface area contributed by atoms with Crippen molar-refractivity contribution in [3.63, 3.8) is 0 Å². The summed E-state index contributed by atoms with van der Waals surface area (Å²) in [6, 6.07) is 19.3. The van der Waals surface area contributed by atoms with Crippen molar-refractivity contribution in [1.29, 1.82) is 0 Å². The van der Waals surface area contributed by atoms with Gasteiger partial charge in [-0.2, -0.15) is 0 Å². The Kier molecular flexibility index (Phi) is 6.64. The lowest BCUT2D eigenvalue weighted by molar-refractivity contribution is 0.406. The minimum atomic E-state index is 0.441. The summed E-state index contributed by atoms with van der Waals surface area (Å²) in [6.45, 7) is 3.14. The van der Waals surface area contributed by atoms with Crippen molar-refractivity contribution in [2.24, 2.45) is 0 Å². The summed E-state index contributed by atoms with van der Waals surface area (Å²) in [6.07, 6.45) is 0.984. The second-order valence-electron chi connectivity index (χ2n) is 4.89. The molecule has 1 unspecified atom stereocenters. The molecule has 0 amide bonds. The molecule has 0 radical (unpaired) electrons. The molecule has 0 aliphatic heterocycles. The van der Waals surface area contributed by atoms with Gasteiger partial charge < -0.3 is 10.1 Å². The standard InChI is InChI=1S/C18H23NOS/c1-3-19-16(14-21-17-10-5-4-6-11-17)13-15-9-7-8-12-18(15)20-2/h4-12,16,19H,3,13-14H2,1-2H3. The Morgan fingerprint density at radius 1 is 1.05 bits per heavy atom. The van der Waals surface area contributed by atoms with Crippen molar-refractivity contribution in [1.82, 2.24) is 5.32 Å². The van der Waals surface area contributed by atoms with Crippen LogP contribution in [-0.4, -0.2) is 25.4 Å². The normalized spacial score (nSPS) is 12.1. The van der Waals surface area contributed by atoms with Crippen LogP contribution in [0.2, 0.25) is 0 Å². The largest absolute Gasteiger partial charge is 0.496 e. The van der Waals surface area contributed by atoms with Crippen LogP contribution in [0.25, 0.3) is 0 Å². The third-order valence-electron chi connectivity index (χ3n) is 3.35. The van der Waals surface area contributed by atoms with Crippen molar-refractivity contribution in [2.75, 3.05) is 19.4 Å². The lowest BCUT2D eigenvalue weighted by Gasteiger charge is -2.19. The van der Waals surface area contributed by atoms with Gasteiger partial charge in [-0.1, -0.05) is 43.3 Å². The van der Waals surface area contributed by atoms with Crippen LogP contribution in [0.5, 0.6) is 5.75 Å². The molecule has 2 nitrogen and oxygen atoms in total. The first-order valence-corrected chi connectivity index (χ1v) is 8.35. The van der Waals surface area contributed by atoms with E-state index in [1.54, 1.807) is 7.11 Å². The zero-order chi connectivity index (χ0) is 14.9. The molecule has 1 atom stereocenters. The molecule has 0 bridgehead atoms. The van der Waals surface area contributed by atoms with Gasteiger partial charge in [0, 0.05) is 16.7 Å². The maximum absolute atomic E-state index is 5.45. The van der Waals surface area contributed by atoms with Gasteiger partial charge >= 0.3 is 0 Å².